The molecule has 3 aromatic rings. The summed E-state index contributed by atoms with van der Waals surface area (Å²) in [5.41, 5.74) is 1.38. The number of fused-ring (bicyclic) bond motifs is 1. The predicted octanol–water partition coefficient (Wildman–Crippen LogP) is 3.71. The van der Waals surface area contributed by atoms with Gasteiger partial charge in [-0.3, -0.25) is 14.7 Å². The molecule has 33 heavy (non-hydrogen) atoms. The van der Waals surface area contributed by atoms with E-state index in [1.54, 1.807) is 26.0 Å². The number of aromatic nitrogens is 2. The van der Waals surface area contributed by atoms with Gasteiger partial charge in [-0.1, -0.05) is 30.3 Å². The van der Waals surface area contributed by atoms with Gasteiger partial charge in [-0.05, 0) is 69.2 Å². The minimum absolute atomic E-state index is 0.0480. The zero-order valence-electron chi connectivity index (χ0n) is 19.3. The van der Waals surface area contributed by atoms with Crippen molar-refractivity contribution in [2.75, 3.05) is 19.7 Å². The number of likely N-dealkylation sites (tertiary alicyclic amines) is 1. The van der Waals surface area contributed by atoms with Crippen LogP contribution >= 0.6 is 0 Å². The number of aromatic amines is 1. The smallest absolute Gasteiger partial charge is 0.258 e. The third kappa shape index (κ3) is 5.72. The second-order valence-corrected chi connectivity index (χ2v) is 9.32. The molecule has 0 unspecified atom stereocenters. The van der Waals surface area contributed by atoms with Gasteiger partial charge in [0, 0.05) is 18.5 Å². The summed E-state index contributed by atoms with van der Waals surface area (Å²) in [6, 6.07) is 15.5. The molecule has 0 saturated carbocycles. The van der Waals surface area contributed by atoms with Crippen molar-refractivity contribution in [3.63, 3.8) is 0 Å². The topological polar surface area (TPSA) is 87.3 Å². The second-order valence-electron chi connectivity index (χ2n) is 9.32. The number of ether oxygens (including phenoxy) is 1. The lowest BCUT2D eigenvalue weighted by Gasteiger charge is -2.32. The highest BCUT2D eigenvalue weighted by Gasteiger charge is 2.34. The Morgan fingerprint density at radius 3 is 2.76 bits per heavy atom. The monoisotopic (exact) mass is 448 g/mol. The van der Waals surface area contributed by atoms with Crippen LogP contribution in [0.25, 0.3) is 10.9 Å². The molecule has 0 bridgehead atoms. The molecule has 1 saturated heterocycles. The largest absolute Gasteiger partial charge is 0.484 e. The molecule has 0 aliphatic carbocycles. The molecule has 2 N–H and O–H groups in total. The maximum absolute atomic E-state index is 13.2. The fraction of sp³-hybridized carbons (Fsp3) is 0.423. The van der Waals surface area contributed by atoms with Crippen molar-refractivity contribution in [1.29, 1.82) is 0 Å². The number of amides is 2. The highest BCUT2D eigenvalue weighted by Crippen LogP contribution is 2.26. The normalized spacial score (nSPS) is 16.9. The van der Waals surface area contributed by atoms with E-state index in [-0.39, 0.29) is 18.4 Å². The van der Waals surface area contributed by atoms with Crippen LogP contribution in [-0.4, -0.2) is 52.1 Å². The highest BCUT2D eigenvalue weighted by atomic mass is 16.5. The highest BCUT2D eigenvalue weighted by molar-refractivity contribution is 5.91. The SMILES string of the molecule is CC(C)(NC(=O)COc1ccccc1)C(=O)N1CCC[C@H](Cc2cccc3[nH]ncc23)CC1. The number of carbonyl (C=O) groups is 2. The van der Waals surface area contributed by atoms with E-state index in [1.807, 2.05) is 35.4 Å². The number of hydrogen-bond acceptors (Lipinski definition) is 4. The van der Waals surface area contributed by atoms with Gasteiger partial charge in [-0.2, -0.15) is 5.10 Å². The van der Waals surface area contributed by atoms with Gasteiger partial charge in [-0.25, -0.2) is 0 Å². The fourth-order valence-corrected chi connectivity index (χ4v) is 4.59. The summed E-state index contributed by atoms with van der Waals surface area (Å²) in [5, 5.41) is 11.2. The van der Waals surface area contributed by atoms with Crippen LogP contribution in [0.2, 0.25) is 0 Å². The molecule has 7 heteroatoms. The number of H-pyrrole nitrogens is 1. The van der Waals surface area contributed by atoms with E-state index in [2.05, 4.69) is 27.6 Å². The van der Waals surface area contributed by atoms with Crippen LogP contribution in [-0.2, 0) is 16.0 Å². The molecule has 7 nitrogen and oxygen atoms in total. The molecular weight excluding hydrogens is 416 g/mol. The Bertz CT molecular complexity index is 1090. The van der Waals surface area contributed by atoms with Crippen LogP contribution in [0, 0.1) is 5.92 Å². The number of nitrogens with zero attached hydrogens (tertiary/aromatic N) is 2. The summed E-state index contributed by atoms with van der Waals surface area (Å²) in [6.45, 7) is 4.81. The molecule has 1 aliphatic heterocycles. The van der Waals surface area contributed by atoms with Crippen molar-refractivity contribution in [2.45, 2.75) is 45.1 Å². The lowest BCUT2D eigenvalue weighted by atomic mass is 9.91. The first-order chi connectivity index (χ1) is 15.9. The summed E-state index contributed by atoms with van der Waals surface area (Å²) in [5.74, 6) is 0.785. The number of nitrogens with one attached hydrogen (secondary N) is 2. The van der Waals surface area contributed by atoms with Crippen molar-refractivity contribution in [3.05, 3.63) is 60.3 Å². The molecule has 1 atom stereocenters. The van der Waals surface area contributed by atoms with Gasteiger partial charge in [-0.15, -0.1) is 0 Å². The third-order valence-electron chi connectivity index (χ3n) is 6.32. The summed E-state index contributed by atoms with van der Waals surface area (Å²) in [6.07, 6.45) is 5.86. The lowest BCUT2D eigenvalue weighted by molar-refractivity contribution is -0.140. The predicted molar refractivity (Wildman–Crippen MR) is 128 cm³/mol. The average molecular weight is 449 g/mol. The Kier molecular flexibility index (Phi) is 6.96. The van der Waals surface area contributed by atoms with Crippen molar-refractivity contribution >= 4 is 22.7 Å². The molecule has 174 valence electrons. The molecule has 1 fully saturated rings. The molecule has 1 aromatic heterocycles. The average Bonchev–Trinajstić information content (AvgIpc) is 3.18. The van der Waals surface area contributed by atoms with Gasteiger partial charge in [0.05, 0.1) is 11.7 Å². The Hall–Kier alpha value is -3.35. The van der Waals surface area contributed by atoms with Gasteiger partial charge in [0.2, 0.25) is 5.91 Å². The van der Waals surface area contributed by atoms with Gasteiger partial charge in [0.1, 0.15) is 11.3 Å². The molecule has 0 spiro atoms. The van der Waals surface area contributed by atoms with Gasteiger partial charge < -0.3 is 15.0 Å². The van der Waals surface area contributed by atoms with E-state index in [4.69, 9.17) is 4.74 Å². The van der Waals surface area contributed by atoms with E-state index in [1.165, 1.54) is 10.9 Å². The van der Waals surface area contributed by atoms with E-state index in [0.29, 0.717) is 24.8 Å². The van der Waals surface area contributed by atoms with Crippen LogP contribution in [0.5, 0.6) is 5.75 Å². The fourth-order valence-electron chi connectivity index (χ4n) is 4.59. The number of rotatable bonds is 7. The Morgan fingerprint density at radius 2 is 1.94 bits per heavy atom. The van der Waals surface area contributed by atoms with Crippen LogP contribution < -0.4 is 10.1 Å². The first-order valence-corrected chi connectivity index (χ1v) is 11.6. The maximum Gasteiger partial charge on any atom is 0.258 e. The van der Waals surface area contributed by atoms with Gasteiger partial charge in [0.15, 0.2) is 6.61 Å². The molecule has 0 radical (unpaired) electrons. The summed E-state index contributed by atoms with van der Waals surface area (Å²) in [4.78, 5) is 27.6. The lowest BCUT2D eigenvalue weighted by Crippen LogP contribution is -2.57. The van der Waals surface area contributed by atoms with Crippen LogP contribution in [0.1, 0.15) is 38.7 Å². The van der Waals surface area contributed by atoms with E-state index in [0.717, 1.165) is 31.2 Å². The zero-order chi connectivity index (χ0) is 23.3. The molecule has 4 rings (SSSR count). The van der Waals surface area contributed by atoms with Crippen molar-refractivity contribution < 1.29 is 14.3 Å². The minimum atomic E-state index is -0.987. The first kappa shape index (κ1) is 22.8. The van der Waals surface area contributed by atoms with Crippen LogP contribution in [0.4, 0.5) is 0 Å². The third-order valence-corrected chi connectivity index (χ3v) is 6.32. The summed E-state index contributed by atoms with van der Waals surface area (Å²) >= 11 is 0. The van der Waals surface area contributed by atoms with Crippen molar-refractivity contribution in [1.82, 2.24) is 20.4 Å². The number of benzene rings is 2. The molecule has 2 aromatic carbocycles. The molecule has 2 heterocycles. The van der Waals surface area contributed by atoms with E-state index >= 15 is 0 Å². The van der Waals surface area contributed by atoms with Gasteiger partial charge in [0.25, 0.3) is 5.91 Å². The van der Waals surface area contributed by atoms with E-state index in [9.17, 15) is 9.59 Å². The minimum Gasteiger partial charge on any atom is -0.484 e. The first-order valence-electron chi connectivity index (χ1n) is 11.6. The van der Waals surface area contributed by atoms with Crippen molar-refractivity contribution in [3.8, 4) is 5.75 Å². The van der Waals surface area contributed by atoms with E-state index < -0.39 is 5.54 Å². The molecular formula is C26H32N4O3. The van der Waals surface area contributed by atoms with Crippen LogP contribution in [0.15, 0.2) is 54.7 Å². The Morgan fingerprint density at radius 1 is 1.12 bits per heavy atom. The van der Waals surface area contributed by atoms with Crippen molar-refractivity contribution in [2.24, 2.45) is 5.92 Å². The maximum atomic E-state index is 13.2. The standard InChI is InChI=1S/C26H32N4O3/c1-26(2,28-24(31)18-33-21-10-4-3-5-11-21)25(32)30-14-7-8-19(13-15-30)16-20-9-6-12-23-22(20)17-27-29-23/h3-6,9-12,17,19H,7-8,13-16,18H2,1-2H3,(H,27,29)(H,28,31)/t19-/m0/s1. The number of hydrogen-bond donors (Lipinski definition) is 2. The number of carbonyl (C=O) groups excluding carboxylic acids is 2. The number of para-hydroxylation sites is 1. The quantitative estimate of drug-likeness (QED) is 0.577. The Labute approximate surface area is 194 Å². The molecule has 1 aliphatic rings. The summed E-state index contributed by atoms with van der Waals surface area (Å²) < 4.78 is 5.51. The zero-order valence-corrected chi connectivity index (χ0v) is 19.3. The van der Waals surface area contributed by atoms with Crippen LogP contribution in [0.3, 0.4) is 0 Å². The molecule has 2 amide bonds. The second kappa shape index (κ2) is 10.1. The van der Waals surface area contributed by atoms with Gasteiger partial charge >= 0.3 is 0 Å². The Balaban J connectivity index is 1.30. The summed E-state index contributed by atoms with van der Waals surface area (Å²) in [7, 11) is 0.